The number of ether oxygens (including phenoxy) is 3. The van der Waals surface area contributed by atoms with Crippen molar-refractivity contribution in [1.82, 2.24) is 0 Å². The Hall–Kier alpha value is -5.09. The molecule has 4 aromatic rings. The minimum Gasteiger partial charge on any atom is -0.493 e. The summed E-state index contributed by atoms with van der Waals surface area (Å²) in [5, 5.41) is 14.5. The van der Waals surface area contributed by atoms with E-state index >= 15 is 0 Å². The zero-order valence-corrected chi connectivity index (χ0v) is 20.4. The fraction of sp³-hybridized carbons (Fsp3) is 0.100. The third kappa shape index (κ3) is 5.95. The van der Waals surface area contributed by atoms with E-state index in [0.717, 1.165) is 16.3 Å². The molecule has 0 saturated heterocycles. The van der Waals surface area contributed by atoms with Crippen LogP contribution in [-0.2, 0) is 16.1 Å². The van der Waals surface area contributed by atoms with Gasteiger partial charge in [0.25, 0.3) is 5.91 Å². The number of nitrogens with zero attached hydrogens (tertiary/aromatic N) is 1. The van der Waals surface area contributed by atoms with Gasteiger partial charge in [-0.15, -0.1) is 0 Å². The molecule has 0 atom stereocenters. The number of esters is 1. The van der Waals surface area contributed by atoms with E-state index in [1.165, 1.54) is 32.4 Å². The van der Waals surface area contributed by atoms with Crippen molar-refractivity contribution in [2.75, 3.05) is 19.5 Å². The largest absolute Gasteiger partial charge is 0.493 e. The van der Waals surface area contributed by atoms with Crippen LogP contribution in [0, 0.1) is 11.3 Å². The standard InChI is InChI=1S/C30H24N2O5/c1-35-28-17-20(10-15-27(28)37-19-23-8-5-7-21-6-3-4-9-26(21)23)16-24(18-31)29(33)32-25-13-11-22(12-14-25)30(34)36-2/h3-17H,19H2,1-2H3,(H,32,33)/b24-16+. The summed E-state index contributed by atoms with van der Waals surface area (Å²) in [5.74, 6) is -0.0381. The Kier molecular flexibility index (Phi) is 7.82. The minimum absolute atomic E-state index is 0.0940. The Morgan fingerprint density at radius 1 is 0.919 bits per heavy atom. The number of carbonyl (C=O) groups excluding carboxylic acids is 2. The molecule has 4 aromatic carbocycles. The average Bonchev–Trinajstić information content (AvgIpc) is 2.94. The van der Waals surface area contributed by atoms with Crippen molar-refractivity contribution >= 4 is 34.4 Å². The van der Waals surface area contributed by atoms with Gasteiger partial charge in [0.15, 0.2) is 11.5 Å². The summed E-state index contributed by atoms with van der Waals surface area (Å²) in [6.07, 6.45) is 1.47. The summed E-state index contributed by atoms with van der Waals surface area (Å²) in [6, 6.07) is 27.5. The molecule has 0 bridgehead atoms. The number of carbonyl (C=O) groups is 2. The number of nitrogens with one attached hydrogen (secondary N) is 1. The van der Waals surface area contributed by atoms with Crippen molar-refractivity contribution in [3.8, 4) is 17.6 Å². The topological polar surface area (TPSA) is 97.7 Å². The molecule has 1 N–H and O–H groups in total. The van der Waals surface area contributed by atoms with Crippen LogP contribution in [0.1, 0.15) is 21.5 Å². The Morgan fingerprint density at radius 2 is 1.68 bits per heavy atom. The Morgan fingerprint density at radius 3 is 2.41 bits per heavy atom. The summed E-state index contributed by atoms with van der Waals surface area (Å²) >= 11 is 0. The van der Waals surface area contributed by atoms with Gasteiger partial charge < -0.3 is 19.5 Å². The lowest BCUT2D eigenvalue weighted by molar-refractivity contribution is -0.112. The highest BCUT2D eigenvalue weighted by atomic mass is 16.5. The molecule has 0 aliphatic heterocycles. The van der Waals surface area contributed by atoms with E-state index in [-0.39, 0.29) is 5.57 Å². The molecule has 7 nitrogen and oxygen atoms in total. The van der Waals surface area contributed by atoms with Crippen LogP contribution in [0.15, 0.2) is 90.5 Å². The van der Waals surface area contributed by atoms with E-state index in [1.807, 2.05) is 30.3 Å². The van der Waals surface area contributed by atoms with E-state index in [4.69, 9.17) is 9.47 Å². The van der Waals surface area contributed by atoms with Crippen LogP contribution < -0.4 is 14.8 Å². The van der Waals surface area contributed by atoms with Gasteiger partial charge >= 0.3 is 5.97 Å². The quantitative estimate of drug-likeness (QED) is 0.191. The van der Waals surface area contributed by atoms with Gasteiger partial charge in [-0.1, -0.05) is 48.5 Å². The van der Waals surface area contributed by atoms with Crippen molar-refractivity contribution in [3.63, 3.8) is 0 Å². The number of hydrogen-bond donors (Lipinski definition) is 1. The molecule has 0 saturated carbocycles. The predicted octanol–water partition coefficient (Wildman–Crippen LogP) is 5.76. The van der Waals surface area contributed by atoms with Crippen LogP contribution in [0.25, 0.3) is 16.8 Å². The molecule has 184 valence electrons. The van der Waals surface area contributed by atoms with Crippen LogP contribution >= 0.6 is 0 Å². The summed E-state index contributed by atoms with van der Waals surface area (Å²) in [7, 11) is 2.82. The highest BCUT2D eigenvalue weighted by molar-refractivity contribution is 6.09. The third-order valence-corrected chi connectivity index (χ3v) is 5.69. The summed E-state index contributed by atoms with van der Waals surface area (Å²) in [4.78, 5) is 24.2. The lowest BCUT2D eigenvalue weighted by Crippen LogP contribution is -2.13. The number of fused-ring (bicyclic) bond motifs is 1. The molecule has 0 unspecified atom stereocenters. The normalized spacial score (nSPS) is 10.9. The molecule has 0 radical (unpaired) electrons. The highest BCUT2D eigenvalue weighted by Crippen LogP contribution is 2.30. The van der Waals surface area contributed by atoms with Crippen molar-refractivity contribution < 1.29 is 23.8 Å². The van der Waals surface area contributed by atoms with E-state index < -0.39 is 11.9 Å². The molecule has 0 aromatic heterocycles. The van der Waals surface area contributed by atoms with Crippen LogP contribution in [0.3, 0.4) is 0 Å². The average molecular weight is 493 g/mol. The van der Waals surface area contributed by atoms with Crippen LogP contribution in [0.2, 0.25) is 0 Å². The van der Waals surface area contributed by atoms with Crippen LogP contribution in [0.5, 0.6) is 11.5 Å². The Labute approximate surface area is 214 Å². The van der Waals surface area contributed by atoms with E-state index in [9.17, 15) is 14.9 Å². The molecule has 7 heteroatoms. The van der Waals surface area contributed by atoms with Gasteiger partial charge in [-0.25, -0.2) is 4.79 Å². The summed E-state index contributed by atoms with van der Waals surface area (Å²) < 4.78 is 16.2. The van der Waals surface area contributed by atoms with Crippen LogP contribution in [-0.4, -0.2) is 26.1 Å². The van der Waals surface area contributed by atoms with Crippen molar-refractivity contribution in [2.45, 2.75) is 6.61 Å². The molecule has 0 aliphatic carbocycles. The maximum atomic E-state index is 12.7. The monoisotopic (exact) mass is 492 g/mol. The molecule has 0 spiro atoms. The maximum absolute atomic E-state index is 12.7. The fourth-order valence-electron chi connectivity index (χ4n) is 3.79. The minimum atomic E-state index is -0.580. The molecular formula is C30H24N2O5. The first-order valence-corrected chi connectivity index (χ1v) is 11.4. The smallest absolute Gasteiger partial charge is 0.337 e. The molecule has 0 aliphatic rings. The first-order chi connectivity index (χ1) is 18.0. The number of nitriles is 1. The van der Waals surface area contributed by atoms with Gasteiger partial charge in [-0.2, -0.15) is 5.26 Å². The maximum Gasteiger partial charge on any atom is 0.337 e. The lowest BCUT2D eigenvalue weighted by atomic mass is 10.1. The van der Waals surface area contributed by atoms with E-state index in [2.05, 4.69) is 28.3 Å². The number of hydrogen-bond acceptors (Lipinski definition) is 6. The molecule has 4 rings (SSSR count). The first kappa shape index (κ1) is 25.0. The van der Waals surface area contributed by atoms with Gasteiger partial charge in [-0.05, 0) is 64.4 Å². The van der Waals surface area contributed by atoms with Crippen molar-refractivity contribution in [3.05, 3.63) is 107 Å². The van der Waals surface area contributed by atoms with Gasteiger partial charge in [0.2, 0.25) is 0 Å². The van der Waals surface area contributed by atoms with Crippen LogP contribution in [0.4, 0.5) is 5.69 Å². The summed E-state index contributed by atoms with van der Waals surface area (Å²) in [5.41, 5.74) is 2.35. The lowest BCUT2D eigenvalue weighted by Gasteiger charge is -2.13. The van der Waals surface area contributed by atoms with Gasteiger partial charge in [-0.3, -0.25) is 4.79 Å². The van der Waals surface area contributed by atoms with E-state index in [0.29, 0.717) is 34.9 Å². The fourth-order valence-corrected chi connectivity index (χ4v) is 3.79. The zero-order chi connectivity index (χ0) is 26.2. The SMILES string of the molecule is COC(=O)c1ccc(NC(=O)/C(C#N)=C/c2ccc(OCc3cccc4ccccc34)c(OC)c2)cc1. The van der Waals surface area contributed by atoms with Gasteiger partial charge in [0, 0.05) is 5.69 Å². The molecule has 0 heterocycles. The summed E-state index contributed by atoms with van der Waals surface area (Å²) in [6.45, 7) is 0.355. The van der Waals surface area contributed by atoms with Gasteiger partial charge in [0.1, 0.15) is 18.2 Å². The predicted molar refractivity (Wildman–Crippen MR) is 141 cm³/mol. The second-order valence-corrected chi connectivity index (χ2v) is 8.03. The molecule has 0 fully saturated rings. The number of methoxy groups -OCH3 is 2. The van der Waals surface area contributed by atoms with E-state index in [1.54, 1.807) is 30.3 Å². The van der Waals surface area contributed by atoms with Crippen molar-refractivity contribution in [2.24, 2.45) is 0 Å². The number of amides is 1. The Bertz CT molecular complexity index is 1510. The highest BCUT2D eigenvalue weighted by Gasteiger charge is 2.13. The number of benzene rings is 4. The van der Waals surface area contributed by atoms with Crippen molar-refractivity contribution in [1.29, 1.82) is 5.26 Å². The molecule has 37 heavy (non-hydrogen) atoms. The van der Waals surface area contributed by atoms with Gasteiger partial charge in [0.05, 0.1) is 19.8 Å². The number of anilines is 1. The third-order valence-electron chi connectivity index (χ3n) is 5.69. The molecule has 1 amide bonds. The number of rotatable bonds is 8. The second kappa shape index (κ2) is 11.6. The first-order valence-electron chi connectivity index (χ1n) is 11.4. The second-order valence-electron chi connectivity index (χ2n) is 8.03. The Balaban J connectivity index is 1.48. The zero-order valence-electron chi connectivity index (χ0n) is 20.4. The molecular weight excluding hydrogens is 468 g/mol.